The largest absolute Gasteiger partial charge is 0.466 e. The Morgan fingerprint density at radius 3 is 2.94 bits per heavy atom. The monoisotopic (exact) mass is 255 g/mol. The van der Waals surface area contributed by atoms with Gasteiger partial charge in [0.15, 0.2) is 0 Å². The van der Waals surface area contributed by atoms with E-state index in [2.05, 4.69) is 5.32 Å². The maximum atomic E-state index is 11.9. The maximum Gasteiger partial charge on any atom is 0.254 e. The van der Waals surface area contributed by atoms with Crippen LogP contribution in [0.2, 0.25) is 0 Å². The zero-order chi connectivity index (χ0) is 12.5. The van der Waals surface area contributed by atoms with E-state index in [9.17, 15) is 9.90 Å². The van der Waals surface area contributed by atoms with E-state index in [1.54, 1.807) is 24.8 Å². The van der Waals surface area contributed by atoms with Crippen LogP contribution in [-0.2, 0) is 0 Å². The second-order valence-corrected chi connectivity index (χ2v) is 5.64. The van der Waals surface area contributed by atoms with Gasteiger partial charge in [0.1, 0.15) is 11.5 Å². The number of furan rings is 1. The van der Waals surface area contributed by atoms with Gasteiger partial charge < -0.3 is 14.8 Å². The number of rotatable bonds is 3. The van der Waals surface area contributed by atoms with Gasteiger partial charge in [0.05, 0.1) is 11.2 Å². The molecule has 1 aliphatic heterocycles. The molecular formula is C12H17NO3S. The van der Waals surface area contributed by atoms with Crippen LogP contribution < -0.4 is 5.32 Å². The molecule has 94 valence electrons. The lowest BCUT2D eigenvalue weighted by Gasteiger charge is -2.21. The van der Waals surface area contributed by atoms with Gasteiger partial charge in [0, 0.05) is 12.3 Å². The van der Waals surface area contributed by atoms with Gasteiger partial charge >= 0.3 is 0 Å². The van der Waals surface area contributed by atoms with Crippen molar-refractivity contribution >= 4 is 17.7 Å². The third-order valence-corrected chi connectivity index (χ3v) is 4.18. The summed E-state index contributed by atoms with van der Waals surface area (Å²) in [6, 6.07) is 1.72. The number of carbonyl (C=O) groups is 1. The zero-order valence-electron chi connectivity index (χ0n) is 10.1. The van der Waals surface area contributed by atoms with Crippen molar-refractivity contribution in [2.24, 2.45) is 0 Å². The van der Waals surface area contributed by atoms with Gasteiger partial charge in [0.2, 0.25) is 0 Å². The summed E-state index contributed by atoms with van der Waals surface area (Å²) in [7, 11) is 0. The number of amides is 1. The minimum atomic E-state index is -0.743. The first-order chi connectivity index (χ1) is 8.00. The highest BCUT2D eigenvalue weighted by molar-refractivity contribution is 7.99. The van der Waals surface area contributed by atoms with Crippen LogP contribution in [0, 0.1) is 13.8 Å². The summed E-state index contributed by atoms with van der Waals surface area (Å²) in [5, 5.41) is 12.9. The van der Waals surface area contributed by atoms with E-state index in [-0.39, 0.29) is 5.91 Å². The number of hydrogen-bond donors (Lipinski definition) is 2. The molecule has 17 heavy (non-hydrogen) atoms. The van der Waals surface area contributed by atoms with Crippen molar-refractivity contribution in [3.63, 3.8) is 0 Å². The first kappa shape index (κ1) is 12.5. The molecule has 1 aliphatic rings. The second-order valence-electron chi connectivity index (χ2n) is 4.54. The molecule has 1 unspecified atom stereocenters. The normalized spacial score (nSPS) is 23.9. The molecule has 0 radical (unpaired) electrons. The molecule has 0 saturated carbocycles. The highest BCUT2D eigenvalue weighted by atomic mass is 32.2. The molecule has 0 aromatic carbocycles. The maximum absolute atomic E-state index is 11.9. The topological polar surface area (TPSA) is 62.5 Å². The lowest BCUT2D eigenvalue weighted by molar-refractivity contribution is 0.0612. The standard InChI is InChI=1S/C12H17NO3S/c1-8-5-10(9(2)16-8)11(14)13-6-12(15)3-4-17-7-12/h5,15H,3-4,6-7H2,1-2H3,(H,13,14). The number of aliphatic hydroxyl groups is 1. The first-order valence-electron chi connectivity index (χ1n) is 5.65. The van der Waals surface area contributed by atoms with Gasteiger partial charge in [-0.15, -0.1) is 0 Å². The molecule has 5 heteroatoms. The Labute approximate surface area is 105 Å². The van der Waals surface area contributed by atoms with Crippen LogP contribution in [-0.4, -0.2) is 34.7 Å². The summed E-state index contributed by atoms with van der Waals surface area (Å²) < 4.78 is 5.31. The van der Waals surface area contributed by atoms with Gasteiger partial charge in [-0.2, -0.15) is 11.8 Å². The minimum absolute atomic E-state index is 0.176. The van der Waals surface area contributed by atoms with Crippen LogP contribution in [0.4, 0.5) is 0 Å². The fraction of sp³-hybridized carbons (Fsp3) is 0.583. The van der Waals surface area contributed by atoms with Crippen LogP contribution in [0.5, 0.6) is 0 Å². The minimum Gasteiger partial charge on any atom is -0.466 e. The fourth-order valence-electron chi connectivity index (χ4n) is 1.93. The van der Waals surface area contributed by atoms with Gasteiger partial charge in [0.25, 0.3) is 5.91 Å². The summed E-state index contributed by atoms with van der Waals surface area (Å²) >= 11 is 1.72. The molecule has 1 aromatic heterocycles. The average Bonchev–Trinajstić information content (AvgIpc) is 2.83. The van der Waals surface area contributed by atoms with Gasteiger partial charge in [-0.1, -0.05) is 0 Å². The lowest BCUT2D eigenvalue weighted by Crippen LogP contribution is -2.43. The van der Waals surface area contributed by atoms with E-state index < -0.39 is 5.60 Å². The Kier molecular flexibility index (Phi) is 3.49. The van der Waals surface area contributed by atoms with Crippen molar-refractivity contribution in [1.29, 1.82) is 0 Å². The Balaban J connectivity index is 1.95. The van der Waals surface area contributed by atoms with Crippen molar-refractivity contribution in [3.05, 3.63) is 23.2 Å². The Morgan fingerprint density at radius 2 is 2.41 bits per heavy atom. The zero-order valence-corrected chi connectivity index (χ0v) is 10.9. The van der Waals surface area contributed by atoms with Crippen molar-refractivity contribution in [1.82, 2.24) is 5.32 Å². The van der Waals surface area contributed by atoms with E-state index >= 15 is 0 Å². The molecule has 2 rings (SSSR count). The van der Waals surface area contributed by atoms with Crippen molar-refractivity contribution < 1.29 is 14.3 Å². The predicted octanol–water partition coefficient (Wildman–Crippen LogP) is 1.49. The molecule has 0 bridgehead atoms. The molecule has 2 N–H and O–H groups in total. The first-order valence-corrected chi connectivity index (χ1v) is 6.81. The van der Waals surface area contributed by atoms with Crippen molar-refractivity contribution in [2.45, 2.75) is 25.9 Å². The lowest BCUT2D eigenvalue weighted by atomic mass is 10.0. The molecule has 1 fully saturated rings. The summed E-state index contributed by atoms with van der Waals surface area (Å²) in [4.78, 5) is 11.9. The second kappa shape index (κ2) is 4.74. The van der Waals surface area contributed by atoms with E-state index in [1.807, 2.05) is 6.92 Å². The average molecular weight is 255 g/mol. The van der Waals surface area contributed by atoms with Crippen LogP contribution >= 0.6 is 11.8 Å². The van der Waals surface area contributed by atoms with Crippen LogP contribution in [0.3, 0.4) is 0 Å². The molecular weight excluding hydrogens is 238 g/mol. The SMILES string of the molecule is Cc1cc(C(=O)NCC2(O)CCSC2)c(C)o1. The Hall–Kier alpha value is -0.940. The van der Waals surface area contributed by atoms with Crippen LogP contribution in [0.15, 0.2) is 10.5 Å². The third-order valence-electron chi connectivity index (χ3n) is 2.95. The van der Waals surface area contributed by atoms with Gasteiger partial charge in [-0.3, -0.25) is 4.79 Å². The van der Waals surface area contributed by atoms with E-state index in [0.717, 1.165) is 17.9 Å². The van der Waals surface area contributed by atoms with Crippen LogP contribution in [0.1, 0.15) is 28.3 Å². The highest BCUT2D eigenvalue weighted by Gasteiger charge is 2.32. The predicted molar refractivity (Wildman–Crippen MR) is 67.4 cm³/mol. The van der Waals surface area contributed by atoms with E-state index in [1.165, 1.54) is 0 Å². The molecule has 1 atom stereocenters. The smallest absolute Gasteiger partial charge is 0.254 e. The quantitative estimate of drug-likeness (QED) is 0.859. The Morgan fingerprint density at radius 1 is 1.65 bits per heavy atom. The third kappa shape index (κ3) is 2.84. The molecule has 1 aromatic rings. The summed E-state index contributed by atoms with van der Waals surface area (Å²) in [6.07, 6.45) is 0.737. The fourth-order valence-corrected chi connectivity index (χ4v) is 3.23. The van der Waals surface area contributed by atoms with Crippen LogP contribution in [0.25, 0.3) is 0 Å². The van der Waals surface area contributed by atoms with Crippen molar-refractivity contribution in [2.75, 3.05) is 18.1 Å². The molecule has 4 nitrogen and oxygen atoms in total. The summed E-state index contributed by atoms with van der Waals surface area (Å²) in [5.41, 5.74) is -0.190. The number of thioether (sulfide) groups is 1. The van der Waals surface area contributed by atoms with Gasteiger partial charge in [-0.25, -0.2) is 0 Å². The van der Waals surface area contributed by atoms with E-state index in [0.29, 0.717) is 23.6 Å². The highest BCUT2D eigenvalue weighted by Crippen LogP contribution is 2.27. The Bertz CT molecular complexity index is 421. The number of carbonyl (C=O) groups excluding carboxylic acids is 1. The molecule has 0 aliphatic carbocycles. The number of hydrogen-bond acceptors (Lipinski definition) is 4. The van der Waals surface area contributed by atoms with E-state index in [4.69, 9.17) is 4.42 Å². The summed E-state index contributed by atoms with van der Waals surface area (Å²) in [6.45, 7) is 3.88. The van der Waals surface area contributed by atoms with Crippen molar-refractivity contribution in [3.8, 4) is 0 Å². The molecule has 1 saturated heterocycles. The number of nitrogens with one attached hydrogen (secondary N) is 1. The molecule has 2 heterocycles. The summed E-state index contributed by atoms with van der Waals surface area (Å²) in [5.74, 6) is 2.81. The number of aryl methyl sites for hydroxylation is 2. The molecule has 0 spiro atoms. The van der Waals surface area contributed by atoms with Gasteiger partial charge in [-0.05, 0) is 32.1 Å². The molecule has 1 amide bonds.